The second kappa shape index (κ2) is 5.17. The second-order valence-corrected chi connectivity index (χ2v) is 4.84. The van der Waals surface area contributed by atoms with Gasteiger partial charge in [0.1, 0.15) is 23.2 Å². The van der Waals surface area contributed by atoms with Crippen molar-refractivity contribution in [3.05, 3.63) is 46.4 Å². The largest absolute Gasteiger partial charge is 0.493 e. The minimum Gasteiger partial charge on any atom is -0.493 e. The molecule has 1 aliphatic carbocycles. The number of benzene rings is 1. The van der Waals surface area contributed by atoms with Crippen molar-refractivity contribution in [1.82, 2.24) is 9.97 Å². The number of rotatable bonds is 4. The number of hydrogen-bond acceptors (Lipinski definition) is 4. The molecule has 0 bridgehead atoms. The number of aromatic amines is 1. The van der Waals surface area contributed by atoms with Crippen LogP contribution >= 0.6 is 0 Å². The van der Waals surface area contributed by atoms with Crippen LogP contribution in [0.3, 0.4) is 0 Å². The molecule has 0 amide bonds. The van der Waals surface area contributed by atoms with Crippen molar-refractivity contribution in [1.29, 1.82) is 5.26 Å². The standard InChI is InChI=1S/C15H13N3O2/c16-7-11-8-17-14(18-15(11)19)12-3-1-2-4-13(12)20-9-10-5-6-10/h1-4,8,10H,5-6,9H2,(H,17,18,19). The second-order valence-electron chi connectivity index (χ2n) is 4.84. The molecular weight excluding hydrogens is 254 g/mol. The van der Waals surface area contributed by atoms with Gasteiger partial charge in [0, 0.05) is 0 Å². The van der Waals surface area contributed by atoms with Crippen molar-refractivity contribution in [2.45, 2.75) is 12.8 Å². The third-order valence-corrected chi connectivity index (χ3v) is 3.23. The number of nitrogens with zero attached hydrogens (tertiary/aromatic N) is 2. The zero-order valence-electron chi connectivity index (χ0n) is 10.8. The van der Waals surface area contributed by atoms with Crippen LogP contribution in [0.5, 0.6) is 5.75 Å². The lowest BCUT2D eigenvalue weighted by molar-refractivity contribution is 0.301. The first-order valence-electron chi connectivity index (χ1n) is 6.49. The smallest absolute Gasteiger partial charge is 0.269 e. The molecule has 20 heavy (non-hydrogen) atoms. The average molecular weight is 267 g/mol. The number of hydrogen-bond donors (Lipinski definition) is 1. The average Bonchev–Trinajstić information content (AvgIpc) is 3.29. The van der Waals surface area contributed by atoms with Crippen LogP contribution in [0.15, 0.2) is 35.3 Å². The highest BCUT2D eigenvalue weighted by Crippen LogP contribution is 2.32. The Morgan fingerprint density at radius 1 is 1.40 bits per heavy atom. The van der Waals surface area contributed by atoms with Gasteiger partial charge in [-0.1, -0.05) is 12.1 Å². The molecule has 1 aliphatic rings. The monoisotopic (exact) mass is 267 g/mol. The summed E-state index contributed by atoms with van der Waals surface area (Å²) in [4.78, 5) is 18.4. The fourth-order valence-electron chi connectivity index (χ4n) is 1.89. The van der Waals surface area contributed by atoms with Gasteiger partial charge in [0.25, 0.3) is 5.56 Å². The summed E-state index contributed by atoms with van der Waals surface area (Å²) in [5, 5.41) is 8.75. The van der Waals surface area contributed by atoms with Crippen LogP contribution in [0.4, 0.5) is 0 Å². The molecule has 1 fully saturated rings. The predicted octanol–water partition coefficient (Wildman–Crippen LogP) is 2.10. The fourth-order valence-corrected chi connectivity index (χ4v) is 1.89. The Kier molecular flexibility index (Phi) is 3.21. The fraction of sp³-hybridized carbons (Fsp3) is 0.267. The molecule has 0 spiro atoms. The Balaban J connectivity index is 1.94. The number of aromatic nitrogens is 2. The van der Waals surface area contributed by atoms with Crippen LogP contribution in [0.2, 0.25) is 0 Å². The molecule has 0 aliphatic heterocycles. The van der Waals surface area contributed by atoms with E-state index in [1.54, 1.807) is 6.07 Å². The summed E-state index contributed by atoms with van der Waals surface area (Å²) in [5.41, 5.74) is 0.300. The normalized spacial score (nSPS) is 13.8. The summed E-state index contributed by atoms with van der Waals surface area (Å²) < 4.78 is 5.78. The first-order chi connectivity index (χ1) is 9.78. The maximum Gasteiger partial charge on any atom is 0.269 e. The topological polar surface area (TPSA) is 78.8 Å². The van der Waals surface area contributed by atoms with Crippen molar-refractivity contribution in [3.63, 3.8) is 0 Å². The van der Waals surface area contributed by atoms with Crippen molar-refractivity contribution in [3.8, 4) is 23.2 Å². The molecule has 2 aromatic rings. The van der Waals surface area contributed by atoms with Crippen molar-refractivity contribution in [2.24, 2.45) is 5.92 Å². The summed E-state index contributed by atoms with van der Waals surface area (Å²) >= 11 is 0. The van der Waals surface area contributed by atoms with Gasteiger partial charge < -0.3 is 9.72 Å². The Morgan fingerprint density at radius 3 is 2.90 bits per heavy atom. The van der Waals surface area contributed by atoms with E-state index in [9.17, 15) is 4.79 Å². The molecule has 1 aromatic carbocycles. The third kappa shape index (κ3) is 2.54. The van der Waals surface area contributed by atoms with Crippen molar-refractivity contribution >= 4 is 0 Å². The Morgan fingerprint density at radius 2 is 2.20 bits per heavy atom. The molecule has 0 radical (unpaired) electrons. The van der Waals surface area contributed by atoms with E-state index >= 15 is 0 Å². The van der Waals surface area contributed by atoms with Crippen LogP contribution in [0.25, 0.3) is 11.4 Å². The van der Waals surface area contributed by atoms with E-state index in [-0.39, 0.29) is 5.56 Å². The molecule has 100 valence electrons. The molecule has 1 heterocycles. The van der Waals surface area contributed by atoms with E-state index in [1.165, 1.54) is 19.0 Å². The number of nitrogens with one attached hydrogen (secondary N) is 1. The van der Waals surface area contributed by atoms with Crippen LogP contribution < -0.4 is 10.3 Å². The lowest BCUT2D eigenvalue weighted by Crippen LogP contribution is -2.12. The number of para-hydroxylation sites is 1. The van der Waals surface area contributed by atoms with Gasteiger partial charge in [0.05, 0.1) is 18.4 Å². The Hall–Kier alpha value is -2.61. The van der Waals surface area contributed by atoms with Gasteiger partial charge in [0.15, 0.2) is 0 Å². The minimum atomic E-state index is -0.436. The van der Waals surface area contributed by atoms with E-state index in [1.807, 2.05) is 24.3 Å². The van der Waals surface area contributed by atoms with Gasteiger partial charge in [-0.05, 0) is 30.9 Å². The van der Waals surface area contributed by atoms with E-state index in [4.69, 9.17) is 10.00 Å². The molecule has 0 unspecified atom stereocenters. The maximum atomic E-state index is 11.7. The first-order valence-corrected chi connectivity index (χ1v) is 6.49. The predicted molar refractivity (Wildman–Crippen MR) is 73.2 cm³/mol. The van der Waals surface area contributed by atoms with E-state index in [0.717, 1.165) is 5.56 Å². The highest BCUT2D eigenvalue weighted by molar-refractivity contribution is 5.63. The van der Waals surface area contributed by atoms with Gasteiger partial charge in [-0.3, -0.25) is 4.79 Å². The van der Waals surface area contributed by atoms with Gasteiger partial charge in [-0.15, -0.1) is 0 Å². The van der Waals surface area contributed by atoms with E-state index in [0.29, 0.717) is 24.1 Å². The van der Waals surface area contributed by atoms with Crippen molar-refractivity contribution < 1.29 is 4.74 Å². The Bertz CT molecular complexity index is 726. The zero-order chi connectivity index (χ0) is 13.9. The first kappa shape index (κ1) is 12.4. The van der Waals surface area contributed by atoms with E-state index < -0.39 is 5.56 Å². The van der Waals surface area contributed by atoms with Gasteiger partial charge in [0.2, 0.25) is 0 Å². The molecule has 5 nitrogen and oxygen atoms in total. The number of ether oxygens (including phenoxy) is 1. The maximum absolute atomic E-state index is 11.7. The van der Waals surface area contributed by atoms with Gasteiger partial charge in [-0.25, -0.2) is 4.98 Å². The van der Waals surface area contributed by atoms with Gasteiger partial charge in [-0.2, -0.15) is 5.26 Å². The molecular formula is C15H13N3O2. The van der Waals surface area contributed by atoms with Crippen molar-refractivity contribution in [2.75, 3.05) is 6.61 Å². The summed E-state index contributed by atoms with van der Waals surface area (Å²) in [6, 6.07) is 9.24. The molecule has 5 heteroatoms. The number of nitriles is 1. The summed E-state index contributed by atoms with van der Waals surface area (Å²) in [6.45, 7) is 0.692. The molecule has 0 atom stereocenters. The lowest BCUT2D eigenvalue weighted by atomic mass is 10.2. The highest BCUT2D eigenvalue weighted by Gasteiger charge is 2.22. The Labute approximate surface area is 115 Å². The minimum absolute atomic E-state index is 0.00475. The number of H-pyrrole nitrogens is 1. The van der Waals surface area contributed by atoms with Crippen LogP contribution in [-0.4, -0.2) is 16.6 Å². The molecule has 3 rings (SSSR count). The molecule has 1 saturated carbocycles. The van der Waals surface area contributed by atoms with Crippen LogP contribution in [0, 0.1) is 17.2 Å². The molecule has 1 aromatic heterocycles. The third-order valence-electron chi connectivity index (χ3n) is 3.23. The highest BCUT2D eigenvalue weighted by atomic mass is 16.5. The molecule has 1 N–H and O–H groups in total. The summed E-state index contributed by atoms with van der Waals surface area (Å²) in [7, 11) is 0. The quantitative estimate of drug-likeness (QED) is 0.920. The van der Waals surface area contributed by atoms with Gasteiger partial charge >= 0.3 is 0 Å². The van der Waals surface area contributed by atoms with Crippen LogP contribution in [0.1, 0.15) is 18.4 Å². The SMILES string of the molecule is N#Cc1cnc(-c2ccccc2OCC2CC2)[nH]c1=O. The summed E-state index contributed by atoms with van der Waals surface area (Å²) in [5.74, 6) is 1.77. The molecule has 0 saturated heterocycles. The van der Waals surface area contributed by atoms with E-state index in [2.05, 4.69) is 9.97 Å². The van der Waals surface area contributed by atoms with Crippen LogP contribution in [-0.2, 0) is 0 Å². The lowest BCUT2D eigenvalue weighted by Gasteiger charge is -2.10. The zero-order valence-corrected chi connectivity index (χ0v) is 10.8. The summed E-state index contributed by atoms with van der Waals surface area (Å²) in [6.07, 6.45) is 3.72.